The van der Waals surface area contributed by atoms with Crippen molar-refractivity contribution in [3.63, 3.8) is 0 Å². The molecule has 0 radical (unpaired) electrons. The Labute approximate surface area is 184 Å². The molecule has 1 heterocycles. The number of carbonyl (C=O) groups is 2. The molecule has 2 rings (SSSR count). The number of aromatic nitrogens is 2. The van der Waals surface area contributed by atoms with Gasteiger partial charge in [-0.1, -0.05) is 46.3 Å². The number of ether oxygens (including phenoxy) is 2. The summed E-state index contributed by atoms with van der Waals surface area (Å²) in [6, 6.07) is 5.59. The monoisotopic (exact) mass is 556 g/mol. The summed E-state index contributed by atoms with van der Waals surface area (Å²) in [5.74, 6) is -1.33. The molecule has 14 heteroatoms. The molecule has 0 aliphatic carbocycles. The number of esters is 1. The topological polar surface area (TPSA) is 146 Å². The molecule has 11 nitrogen and oxygen atoms in total. The molecule has 0 spiro atoms. The SMILES string of the molecule is COc1cc(Cl)nc(NC(=O)NS(=O)(=O)Oc2ccccc2C(=O)OCCI)n1. The van der Waals surface area contributed by atoms with Crippen molar-refractivity contribution in [1.29, 1.82) is 0 Å². The minimum absolute atomic E-state index is 0.0369. The fourth-order valence-electron chi connectivity index (χ4n) is 1.85. The van der Waals surface area contributed by atoms with Gasteiger partial charge >= 0.3 is 22.3 Å². The van der Waals surface area contributed by atoms with E-state index >= 15 is 0 Å². The van der Waals surface area contributed by atoms with E-state index in [1.165, 1.54) is 37.4 Å². The Morgan fingerprint density at radius 2 is 1.97 bits per heavy atom. The van der Waals surface area contributed by atoms with E-state index in [0.717, 1.165) is 0 Å². The minimum atomic E-state index is -4.65. The van der Waals surface area contributed by atoms with E-state index in [2.05, 4.69) is 15.3 Å². The molecule has 0 fully saturated rings. The number of nitrogens with one attached hydrogen (secondary N) is 2. The van der Waals surface area contributed by atoms with Gasteiger partial charge in [0.15, 0.2) is 5.75 Å². The fourth-order valence-corrected chi connectivity index (χ4v) is 2.95. The van der Waals surface area contributed by atoms with Crippen LogP contribution in [0.25, 0.3) is 0 Å². The first-order chi connectivity index (χ1) is 13.7. The Morgan fingerprint density at radius 3 is 2.66 bits per heavy atom. The maximum Gasteiger partial charge on any atom is 0.411 e. The van der Waals surface area contributed by atoms with Crippen LogP contribution in [-0.4, -0.2) is 48.5 Å². The van der Waals surface area contributed by atoms with Crippen molar-refractivity contribution in [2.75, 3.05) is 23.5 Å². The molecule has 0 aliphatic rings. The van der Waals surface area contributed by atoms with Gasteiger partial charge in [-0.3, -0.25) is 5.32 Å². The number of benzene rings is 1. The lowest BCUT2D eigenvalue weighted by Crippen LogP contribution is -2.37. The van der Waals surface area contributed by atoms with Crippen molar-refractivity contribution in [3.05, 3.63) is 41.0 Å². The van der Waals surface area contributed by atoms with Crippen LogP contribution in [0.15, 0.2) is 30.3 Å². The molecule has 1 aromatic carbocycles. The quantitative estimate of drug-likeness (QED) is 0.216. The fraction of sp³-hybridized carbons (Fsp3) is 0.200. The molecule has 0 unspecified atom stereocenters. The Balaban J connectivity index is 2.10. The van der Waals surface area contributed by atoms with Crippen molar-refractivity contribution < 1.29 is 31.7 Å². The second-order valence-electron chi connectivity index (χ2n) is 4.97. The van der Waals surface area contributed by atoms with Crippen LogP contribution in [0.4, 0.5) is 10.7 Å². The highest BCUT2D eigenvalue weighted by Gasteiger charge is 2.22. The first-order valence-corrected chi connectivity index (χ1v) is 11.0. The second-order valence-corrected chi connectivity index (χ2v) is 7.72. The minimum Gasteiger partial charge on any atom is -0.481 e. The molecule has 0 atom stereocenters. The van der Waals surface area contributed by atoms with Gasteiger partial charge < -0.3 is 13.7 Å². The number of hydrogen-bond donors (Lipinski definition) is 2. The summed E-state index contributed by atoms with van der Waals surface area (Å²) in [6.07, 6.45) is 0. The average Bonchev–Trinajstić information content (AvgIpc) is 2.65. The van der Waals surface area contributed by atoms with Gasteiger partial charge in [0.05, 0.1) is 7.11 Å². The van der Waals surface area contributed by atoms with Gasteiger partial charge in [-0.2, -0.15) is 13.4 Å². The Bertz CT molecular complexity index is 1010. The number of hydrogen-bond acceptors (Lipinski definition) is 9. The smallest absolute Gasteiger partial charge is 0.411 e. The van der Waals surface area contributed by atoms with Gasteiger partial charge in [0, 0.05) is 10.5 Å². The normalized spacial score (nSPS) is 10.7. The van der Waals surface area contributed by atoms with Crippen LogP contribution in [0.5, 0.6) is 11.6 Å². The number of urea groups is 1. The summed E-state index contributed by atoms with van der Waals surface area (Å²) in [4.78, 5) is 31.5. The van der Waals surface area contributed by atoms with Crippen molar-refractivity contribution in [3.8, 4) is 11.6 Å². The van der Waals surface area contributed by atoms with Crippen molar-refractivity contribution >= 4 is 62.4 Å². The van der Waals surface area contributed by atoms with Crippen LogP contribution in [0, 0.1) is 0 Å². The van der Waals surface area contributed by atoms with Gasteiger partial charge in [-0.05, 0) is 12.1 Å². The second kappa shape index (κ2) is 10.4. The van der Waals surface area contributed by atoms with Crippen LogP contribution in [0.3, 0.4) is 0 Å². The third-order valence-electron chi connectivity index (χ3n) is 2.94. The van der Waals surface area contributed by atoms with Gasteiger partial charge in [0.2, 0.25) is 11.8 Å². The van der Waals surface area contributed by atoms with E-state index in [4.69, 9.17) is 25.3 Å². The molecule has 2 amide bonds. The van der Waals surface area contributed by atoms with E-state index in [9.17, 15) is 18.0 Å². The number of alkyl halides is 1. The lowest BCUT2D eigenvalue weighted by Gasteiger charge is -2.12. The third-order valence-corrected chi connectivity index (χ3v) is 4.41. The predicted octanol–water partition coefficient (Wildman–Crippen LogP) is 2.18. The van der Waals surface area contributed by atoms with E-state index in [1.807, 2.05) is 22.6 Å². The van der Waals surface area contributed by atoms with Gasteiger partial charge in [0.25, 0.3) is 0 Å². The molecule has 0 saturated carbocycles. The Kier molecular flexibility index (Phi) is 8.21. The van der Waals surface area contributed by atoms with Gasteiger partial charge in [-0.25, -0.2) is 19.3 Å². The maximum atomic E-state index is 12.1. The molecule has 1 aromatic heterocycles. The highest BCUT2D eigenvalue weighted by molar-refractivity contribution is 14.1. The number of nitrogens with zero attached hydrogens (tertiary/aromatic N) is 2. The zero-order valence-corrected chi connectivity index (χ0v) is 18.4. The molecule has 2 N–H and O–H groups in total. The summed E-state index contributed by atoms with van der Waals surface area (Å²) in [5.41, 5.74) is -0.119. The van der Waals surface area contributed by atoms with Crippen LogP contribution in [0.1, 0.15) is 10.4 Å². The summed E-state index contributed by atoms with van der Waals surface area (Å²) in [6.45, 7) is 0.143. The molecule has 0 saturated heterocycles. The third kappa shape index (κ3) is 7.17. The zero-order valence-electron chi connectivity index (χ0n) is 14.7. The molecule has 156 valence electrons. The first kappa shape index (κ1) is 22.9. The predicted molar refractivity (Wildman–Crippen MR) is 111 cm³/mol. The Hall–Kier alpha value is -2.39. The molecular weight excluding hydrogens is 543 g/mol. The summed E-state index contributed by atoms with van der Waals surface area (Å²) in [7, 11) is -3.32. The van der Waals surface area contributed by atoms with E-state index in [-0.39, 0.29) is 34.9 Å². The lowest BCUT2D eigenvalue weighted by molar-refractivity contribution is 0.0531. The molecule has 0 aliphatic heterocycles. The standard InChI is InChI=1S/C15H14ClIN4O7S/c1-26-12-8-11(16)18-14(19-12)20-15(23)21-29(24,25)28-10-5-3-2-4-9(10)13(22)27-7-6-17/h2-5,8H,6-7H2,1H3,(H2,18,19,20,21,23). The van der Waals surface area contributed by atoms with Gasteiger partial charge in [-0.15, -0.1) is 0 Å². The molecule has 29 heavy (non-hydrogen) atoms. The van der Waals surface area contributed by atoms with Crippen LogP contribution >= 0.6 is 34.2 Å². The summed E-state index contributed by atoms with van der Waals surface area (Å²) < 4.78 is 41.1. The van der Waals surface area contributed by atoms with Crippen LogP contribution in [0.2, 0.25) is 5.15 Å². The van der Waals surface area contributed by atoms with Crippen LogP contribution in [-0.2, 0) is 15.0 Å². The number of para-hydroxylation sites is 1. The van der Waals surface area contributed by atoms with E-state index in [1.54, 1.807) is 4.72 Å². The number of anilines is 1. The molecule has 2 aromatic rings. The van der Waals surface area contributed by atoms with Crippen molar-refractivity contribution in [2.45, 2.75) is 0 Å². The summed E-state index contributed by atoms with van der Waals surface area (Å²) >= 11 is 7.76. The average molecular weight is 557 g/mol. The number of halogens is 2. The zero-order chi connectivity index (χ0) is 21.4. The molecular formula is C15H14ClIN4O7S. The van der Waals surface area contributed by atoms with E-state index < -0.39 is 22.3 Å². The molecule has 0 bridgehead atoms. The highest BCUT2D eigenvalue weighted by atomic mass is 127. The number of amides is 2. The van der Waals surface area contributed by atoms with Crippen molar-refractivity contribution in [1.82, 2.24) is 14.7 Å². The van der Waals surface area contributed by atoms with Crippen LogP contribution < -0.4 is 19.0 Å². The largest absolute Gasteiger partial charge is 0.481 e. The van der Waals surface area contributed by atoms with Gasteiger partial charge in [0.1, 0.15) is 17.3 Å². The van der Waals surface area contributed by atoms with Crippen molar-refractivity contribution in [2.24, 2.45) is 0 Å². The summed E-state index contributed by atoms with van der Waals surface area (Å²) in [5, 5.41) is 2.04. The number of methoxy groups -OCH3 is 1. The maximum absolute atomic E-state index is 12.1. The Morgan fingerprint density at radius 1 is 1.24 bits per heavy atom. The lowest BCUT2D eigenvalue weighted by atomic mass is 10.2. The van der Waals surface area contributed by atoms with E-state index in [0.29, 0.717) is 4.43 Å². The highest BCUT2D eigenvalue weighted by Crippen LogP contribution is 2.21. The first-order valence-electron chi connectivity index (χ1n) is 7.68. The number of carbonyl (C=O) groups excluding carboxylic acids is 2. The number of rotatable bonds is 8.